The van der Waals surface area contributed by atoms with Gasteiger partial charge in [0.05, 0.1) is 12.6 Å². The SMILES string of the molecule is CCOc1cc(C=O)ccc1OCC(=O)N[C@H](Cc1ccccc1)C(C)=O. The van der Waals surface area contributed by atoms with Gasteiger partial charge in [-0.15, -0.1) is 0 Å². The fourth-order valence-corrected chi connectivity index (χ4v) is 2.51. The zero-order valence-corrected chi connectivity index (χ0v) is 15.4. The quantitative estimate of drug-likeness (QED) is 0.651. The molecule has 27 heavy (non-hydrogen) atoms. The first-order valence-electron chi connectivity index (χ1n) is 8.72. The van der Waals surface area contributed by atoms with E-state index in [0.29, 0.717) is 36.4 Å². The standard InChI is InChI=1S/C21H23NO5/c1-3-26-20-12-17(13-23)9-10-19(20)27-14-21(25)22-18(15(2)24)11-16-7-5-4-6-8-16/h4-10,12-13,18H,3,11,14H2,1-2H3,(H,22,25)/t18-/m1/s1. The number of amides is 1. The van der Waals surface area contributed by atoms with Crippen molar-refractivity contribution in [1.82, 2.24) is 5.32 Å². The minimum Gasteiger partial charge on any atom is -0.490 e. The van der Waals surface area contributed by atoms with Crippen LogP contribution in [0.5, 0.6) is 11.5 Å². The van der Waals surface area contributed by atoms with Gasteiger partial charge in [-0.3, -0.25) is 14.4 Å². The van der Waals surface area contributed by atoms with Crippen molar-refractivity contribution in [3.05, 3.63) is 59.7 Å². The molecule has 0 unspecified atom stereocenters. The van der Waals surface area contributed by atoms with E-state index in [4.69, 9.17) is 9.47 Å². The molecule has 0 saturated carbocycles. The second-order valence-electron chi connectivity index (χ2n) is 5.97. The number of Topliss-reactive ketones (excluding diaryl/α,β-unsaturated/α-hetero) is 1. The fourth-order valence-electron chi connectivity index (χ4n) is 2.51. The van der Waals surface area contributed by atoms with Crippen LogP contribution in [0.15, 0.2) is 48.5 Å². The number of carbonyl (C=O) groups excluding carboxylic acids is 3. The molecule has 1 N–H and O–H groups in total. The third-order valence-corrected chi connectivity index (χ3v) is 3.87. The Morgan fingerprint density at radius 1 is 1.07 bits per heavy atom. The van der Waals surface area contributed by atoms with Crippen LogP contribution in [0.25, 0.3) is 0 Å². The molecular formula is C21H23NO5. The summed E-state index contributed by atoms with van der Waals surface area (Å²) in [5.74, 6) is 0.216. The van der Waals surface area contributed by atoms with Crippen LogP contribution < -0.4 is 14.8 Å². The molecule has 0 radical (unpaired) electrons. The normalized spacial score (nSPS) is 11.3. The first-order valence-corrected chi connectivity index (χ1v) is 8.72. The summed E-state index contributed by atoms with van der Waals surface area (Å²) in [5.41, 5.74) is 1.41. The topological polar surface area (TPSA) is 81.7 Å². The van der Waals surface area contributed by atoms with Gasteiger partial charge in [0.2, 0.25) is 0 Å². The molecule has 1 amide bonds. The van der Waals surface area contributed by atoms with E-state index < -0.39 is 11.9 Å². The highest BCUT2D eigenvalue weighted by Crippen LogP contribution is 2.28. The summed E-state index contributed by atoms with van der Waals surface area (Å²) < 4.78 is 11.0. The summed E-state index contributed by atoms with van der Waals surface area (Å²) in [4.78, 5) is 35.0. The van der Waals surface area contributed by atoms with Crippen LogP contribution in [0.3, 0.4) is 0 Å². The molecule has 0 aliphatic carbocycles. The molecule has 6 nitrogen and oxygen atoms in total. The van der Waals surface area contributed by atoms with Gasteiger partial charge in [-0.25, -0.2) is 0 Å². The number of rotatable bonds is 10. The van der Waals surface area contributed by atoms with Gasteiger partial charge in [0.15, 0.2) is 23.9 Å². The van der Waals surface area contributed by atoms with Gasteiger partial charge < -0.3 is 14.8 Å². The highest BCUT2D eigenvalue weighted by Gasteiger charge is 2.18. The van der Waals surface area contributed by atoms with E-state index in [-0.39, 0.29) is 12.4 Å². The molecular weight excluding hydrogens is 346 g/mol. The zero-order chi connectivity index (χ0) is 19.6. The smallest absolute Gasteiger partial charge is 0.258 e. The van der Waals surface area contributed by atoms with Crippen molar-refractivity contribution in [2.45, 2.75) is 26.3 Å². The Kier molecular flexibility index (Phi) is 7.55. The van der Waals surface area contributed by atoms with Crippen molar-refractivity contribution in [2.75, 3.05) is 13.2 Å². The Morgan fingerprint density at radius 3 is 2.44 bits per heavy atom. The molecule has 0 saturated heterocycles. The molecule has 0 aliphatic rings. The lowest BCUT2D eigenvalue weighted by atomic mass is 10.0. The van der Waals surface area contributed by atoms with Crippen LogP contribution in [0, 0.1) is 0 Å². The van der Waals surface area contributed by atoms with E-state index in [9.17, 15) is 14.4 Å². The van der Waals surface area contributed by atoms with E-state index in [1.807, 2.05) is 37.3 Å². The second-order valence-corrected chi connectivity index (χ2v) is 5.97. The summed E-state index contributed by atoms with van der Waals surface area (Å²) in [5, 5.41) is 2.70. The Bertz CT molecular complexity index is 788. The van der Waals surface area contributed by atoms with Crippen molar-refractivity contribution in [3.8, 4) is 11.5 Å². The first-order chi connectivity index (χ1) is 13.0. The minimum absolute atomic E-state index is 0.127. The van der Waals surface area contributed by atoms with Gasteiger partial charge >= 0.3 is 0 Å². The summed E-state index contributed by atoms with van der Waals surface area (Å²) in [7, 11) is 0. The number of nitrogens with one attached hydrogen (secondary N) is 1. The summed E-state index contributed by atoms with van der Waals surface area (Å²) in [6.07, 6.45) is 1.13. The zero-order valence-electron chi connectivity index (χ0n) is 15.4. The predicted molar refractivity (Wildman–Crippen MR) is 101 cm³/mol. The van der Waals surface area contributed by atoms with E-state index in [0.717, 1.165) is 5.56 Å². The Balaban J connectivity index is 1.98. The average molecular weight is 369 g/mol. The lowest BCUT2D eigenvalue weighted by molar-refractivity contribution is -0.128. The molecule has 142 valence electrons. The average Bonchev–Trinajstić information content (AvgIpc) is 2.67. The van der Waals surface area contributed by atoms with Gasteiger partial charge in [0.25, 0.3) is 5.91 Å². The molecule has 0 spiro atoms. The molecule has 1 atom stereocenters. The number of hydrogen-bond acceptors (Lipinski definition) is 5. The molecule has 2 aromatic rings. The van der Waals surface area contributed by atoms with Crippen molar-refractivity contribution >= 4 is 18.0 Å². The van der Waals surface area contributed by atoms with Gasteiger partial charge in [-0.05, 0) is 44.0 Å². The lowest BCUT2D eigenvalue weighted by Crippen LogP contribution is -2.43. The summed E-state index contributed by atoms with van der Waals surface area (Å²) in [6, 6.07) is 13.6. The van der Waals surface area contributed by atoms with Crippen LogP contribution in [-0.2, 0) is 16.0 Å². The van der Waals surface area contributed by atoms with Crippen LogP contribution in [0.4, 0.5) is 0 Å². The molecule has 2 rings (SSSR count). The first kappa shape index (κ1) is 20.2. The van der Waals surface area contributed by atoms with Crippen molar-refractivity contribution in [3.63, 3.8) is 0 Å². The second kappa shape index (κ2) is 10.1. The molecule has 6 heteroatoms. The van der Waals surface area contributed by atoms with Gasteiger partial charge in [-0.1, -0.05) is 30.3 Å². The van der Waals surface area contributed by atoms with Crippen molar-refractivity contribution < 1.29 is 23.9 Å². The highest BCUT2D eigenvalue weighted by atomic mass is 16.5. The summed E-state index contributed by atoms with van der Waals surface area (Å²) >= 11 is 0. The monoisotopic (exact) mass is 369 g/mol. The highest BCUT2D eigenvalue weighted by molar-refractivity contribution is 5.88. The van der Waals surface area contributed by atoms with Crippen LogP contribution >= 0.6 is 0 Å². The number of benzene rings is 2. The van der Waals surface area contributed by atoms with Crippen molar-refractivity contribution in [1.29, 1.82) is 0 Å². The fraction of sp³-hybridized carbons (Fsp3) is 0.286. The molecule has 0 fully saturated rings. The molecule has 0 bridgehead atoms. The Labute approximate surface area is 158 Å². The summed E-state index contributed by atoms with van der Waals surface area (Å²) in [6.45, 7) is 3.39. The van der Waals surface area contributed by atoms with E-state index >= 15 is 0 Å². The molecule has 0 heterocycles. The number of aldehydes is 1. The third kappa shape index (κ3) is 6.26. The molecule has 2 aromatic carbocycles. The lowest BCUT2D eigenvalue weighted by Gasteiger charge is -2.17. The van der Waals surface area contributed by atoms with Gasteiger partial charge in [0, 0.05) is 5.56 Å². The minimum atomic E-state index is -0.618. The van der Waals surface area contributed by atoms with Crippen LogP contribution in [0.1, 0.15) is 29.8 Å². The maximum Gasteiger partial charge on any atom is 0.258 e. The predicted octanol–water partition coefficient (Wildman–Crippen LogP) is 2.59. The number of ketones is 1. The van der Waals surface area contributed by atoms with Gasteiger partial charge in [-0.2, -0.15) is 0 Å². The van der Waals surface area contributed by atoms with E-state index in [1.165, 1.54) is 6.92 Å². The largest absolute Gasteiger partial charge is 0.490 e. The Morgan fingerprint density at radius 2 is 1.81 bits per heavy atom. The number of carbonyl (C=O) groups is 3. The van der Waals surface area contributed by atoms with E-state index in [1.54, 1.807) is 18.2 Å². The molecule has 0 aliphatic heterocycles. The van der Waals surface area contributed by atoms with E-state index in [2.05, 4.69) is 5.32 Å². The number of ether oxygens (including phenoxy) is 2. The van der Waals surface area contributed by atoms with Crippen LogP contribution in [0.2, 0.25) is 0 Å². The Hall–Kier alpha value is -3.15. The molecule has 0 aromatic heterocycles. The maximum atomic E-state index is 12.2. The third-order valence-electron chi connectivity index (χ3n) is 3.87. The maximum absolute atomic E-state index is 12.2. The van der Waals surface area contributed by atoms with Crippen molar-refractivity contribution in [2.24, 2.45) is 0 Å². The van der Waals surface area contributed by atoms with Crippen LogP contribution in [-0.4, -0.2) is 37.2 Å². The number of hydrogen-bond donors (Lipinski definition) is 1. The van der Waals surface area contributed by atoms with Gasteiger partial charge in [0.1, 0.15) is 6.29 Å².